The van der Waals surface area contributed by atoms with Crippen LogP contribution in [0.15, 0.2) is 23.3 Å². The summed E-state index contributed by atoms with van der Waals surface area (Å²) in [6.45, 7) is -0.566. The fourth-order valence-corrected chi connectivity index (χ4v) is 5.82. The Labute approximate surface area is 408 Å². The summed E-state index contributed by atoms with van der Waals surface area (Å²) in [5.41, 5.74) is 7.90. The van der Waals surface area contributed by atoms with Crippen LogP contribution in [0.25, 0.3) is 10.4 Å². The van der Waals surface area contributed by atoms with Gasteiger partial charge in [-0.2, -0.15) is 0 Å². The molecule has 72 heavy (non-hydrogen) atoms. The van der Waals surface area contributed by atoms with E-state index in [1.807, 2.05) is 0 Å². The maximum absolute atomic E-state index is 14.1. The number of carbonyl (C=O) groups excluding carboxylic acids is 14. The number of esters is 8. The molecule has 1 rings (SSSR count). The van der Waals surface area contributed by atoms with Gasteiger partial charge < -0.3 is 69.8 Å². The van der Waals surface area contributed by atoms with E-state index in [1.54, 1.807) is 0 Å². The topological polar surface area (TPSA) is 434 Å². The molecule has 31 heteroatoms. The Morgan fingerprint density at radius 2 is 0.708 bits per heavy atom. The van der Waals surface area contributed by atoms with Crippen LogP contribution in [0.3, 0.4) is 0 Å². The summed E-state index contributed by atoms with van der Waals surface area (Å²) < 4.78 is 36.7. The summed E-state index contributed by atoms with van der Waals surface area (Å²) >= 11 is 0. The van der Waals surface area contributed by atoms with E-state index in [1.165, 1.54) is 0 Å². The van der Waals surface area contributed by atoms with Gasteiger partial charge in [0.1, 0.15) is 36.3 Å². The van der Waals surface area contributed by atoms with E-state index in [0.717, 1.165) is 75.1 Å². The highest BCUT2D eigenvalue weighted by Gasteiger charge is 2.35. The number of nitrogens with zero attached hydrogens (tertiary/aromatic N) is 3. The Morgan fingerprint density at radius 1 is 0.417 bits per heavy atom. The molecule has 0 aliphatic rings. The first-order chi connectivity index (χ1) is 34.0. The molecular formula is C41H53N9O22. The van der Waals surface area contributed by atoms with Gasteiger partial charge in [-0.05, 0) is 29.3 Å². The molecule has 0 unspecified atom stereocenters. The van der Waals surface area contributed by atoms with Crippen LogP contribution in [-0.4, -0.2) is 176 Å². The molecule has 1 aromatic carbocycles. The fourth-order valence-electron chi connectivity index (χ4n) is 5.82. The second-order valence-corrected chi connectivity index (χ2v) is 14.3. The van der Waals surface area contributed by atoms with E-state index in [9.17, 15) is 67.1 Å². The highest BCUT2D eigenvalue weighted by molar-refractivity contribution is 6.04. The van der Waals surface area contributed by atoms with E-state index in [-0.39, 0.29) is 5.56 Å². The maximum Gasteiger partial charge on any atom is 0.328 e. The number of carbonyl (C=O) groups is 14. The van der Waals surface area contributed by atoms with Crippen molar-refractivity contribution in [2.75, 3.05) is 56.9 Å². The average molecular weight is 1020 g/mol. The molecule has 6 atom stereocenters. The Morgan fingerprint density at radius 3 is 0.972 bits per heavy atom. The van der Waals surface area contributed by atoms with Gasteiger partial charge in [0, 0.05) is 16.0 Å². The van der Waals surface area contributed by atoms with Crippen LogP contribution in [0.5, 0.6) is 0 Å². The lowest BCUT2D eigenvalue weighted by atomic mass is 10.0. The number of rotatable bonds is 28. The number of azide groups is 1. The predicted molar refractivity (Wildman–Crippen MR) is 233 cm³/mol. The van der Waals surface area contributed by atoms with Crippen LogP contribution >= 0.6 is 0 Å². The standard InChI is InChI=1S/C41H53N9O22/c1-65-30(53)14-24(38(61)69-5)44-28(51)12-22(36(59)48-26(40(63)71-7)16-32(55)67-3)46-34(57)20-9-19(18-43-50-42)10-21(11-20)35(58)47-23(37(60)49-27(41(64)72-8)17-33(56)68-4)13-29(52)45-25(39(62)70-6)15-31(54)66-2/h9-11,22-27H,12-18H2,1-8H3,(H,44,51)(H,45,52)(H,46,57)(H,47,58)(H,48,59)(H,49,60)/t22-,23-,24-,25-,26-,27-/m0/s1. The molecule has 0 saturated heterocycles. The molecule has 0 heterocycles. The van der Waals surface area contributed by atoms with Gasteiger partial charge in [-0.1, -0.05) is 5.11 Å². The zero-order valence-corrected chi connectivity index (χ0v) is 40.0. The number of benzene rings is 1. The van der Waals surface area contributed by atoms with E-state index < -0.39 is 176 Å². The number of amides is 6. The highest BCUT2D eigenvalue weighted by atomic mass is 16.6. The first kappa shape index (κ1) is 61.1. The van der Waals surface area contributed by atoms with Gasteiger partial charge >= 0.3 is 47.8 Å². The molecule has 0 saturated carbocycles. The Bertz CT molecular complexity index is 2140. The number of ether oxygens (including phenoxy) is 8. The van der Waals surface area contributed by atoms with E-state index in [0.29, 0.717) is 0 Å². The largest absolute Gasteiger partial charge is 0.469 e. The van der Waals surface area contributed by atoms with Gasteiger partial charge in [0.2, 0.25) is 23.6 Å². The van der Waals surface area contributed by atoms with Gasteiger partial charge in [0.15, 0.2) is 0 Å². The first-order valence-corrected chi connectivity index (χ1v) is 20.6. The lowest BCUT2D eigenvalue weighted by Gasteiger charge is -2.23. The highest BCUT2D eigenvalue weighted by Crippen LogP contribution is 2.15. The first-order valence-electron chi connectivity index (χ1n) is 20.6. The SMILES string of the molecule is COC(=O)C[C@H](NC(=O)C[C@H](NC(=O)c1cc(CN=[N+]=[N-])cc(C(=O)N[C@@H](CC(=O)N[C@@H](CC(=O)OC)C(=O)OC)C(=O)N[C@@H](CC(=O)OC)C(=O)OC)c1)C(=O)N[C@@H](CC(=O)OC)C(=O)OC)C(=O)OC. The van der Waals surface area contributed by atoms with Crippen molar-refractivity contribution in [2.24, 2.45) is 5.11 Å². The lowest BCUT2D eigenvalue weighted by Crippen LogP contribution is -2.54. The molecule has 0 bridgehead atoms. The van der Waals surface area contributed by atoms with Crippen molar-refractivity contribution in [1.82, 2.24) is 31.9 Å². The quantitative estimate of drug-likeness (QED) is 0.0155. The van der Waals surface area contributed by atoms with Crippen molar-refractivity contribution in [3.63, 3.8) is 0 Å². The second kappa shape index (κ2) is 31.3. The predicted octanol–water partition coefficient (Wildman–Crippen LogP) is -3.64. The van der Waals surface area contributed by atoms with E-state index in [4.69, 9.17) is 5.53 Å². The fraction of sp³-hybridized carbons (Fsp3) is 0.512. The summed E-state index contributed by atoms with van der Waals surface area (Å²) in [4.78, 5) is 183. The van der Waals surface area contributed by atoms with Crippen molar-refractivity contribution in [2.45, 2.75) is 81.3 Å². The monoisotopic (exact) mass is 1020 g/mol. The maximum atomic E-state index is 14.1. The number of hydrogen-bond acceptors (Lipinski definition) is 23. The summed E-state index contributed by atoms with van der Waals surface area (Å²) in [5, 5.41) is 16.4. The minimum Gasteiger partial charge on any atom is -0.469 e. The Hall–Kier alpha value is -8.89. The lowest BCUT2D eigenvalue weighted by molar-refractivity contribution is -0.151. The molecule has 31 nitrogen and oxygen atoms in total. The molecule has 6 amide bonds. The minimum absolute atomic E-state index is 0.0942. The van der Waals surface area contributed by atoms with Crippen molar-refractivity contribution >= 4 is 83.2 Å². The molecule has 0 spiro atoms. The third-order valence-corrected chi connectivity index (χ3v) is 9.50. The van der Waals surface area contributed by atoms with Crippen molar-refractivity contribution < 1.29 is 105 Å². The molecule has 0 fully saturated rings. The smallest absolute Gasteiger partial charge is 0.328 e. The Balaban J connectivity index is 3.91. The van der Waals surface area contributed by atoms with Crippen LogP contribution in [0.1, 0.15) is 64.8 Å². The zero-order chi connectivity index (χ0) is 54.7. The number of hydrogen-bond donors (Lipinski definition) is 6. The van der Waals surface area contributed by atoms with Crippen LogP contribution in [0, 0.1) is 0 Å². The van der Waals surface area contributed by atoms with Crippen molar-refractivity contribution in [3.8, 4) is 0 Å². The van der Waals surface area contributed by atoms with Crippen LogP contribution in [0.4, 0.5) is 0 Å². The van der Waals surface area contributed by atoms with Crippen LogP contribution in [-0.2, 0) is 102 Å². The van der Waals surface area contributed by atoms with Gasteiger partial charge in [-0.3, -0.25) is 47.9 Å². The van der Waals surface area contributed by atoms with Gasteiger partial charge in [0.25, 0.3) is 11.8 Å². The third kappa shape index (κ3) is 20.8. The molecular weight excluding hydrogens is 970 g/mol. The molecule has 6 N–H and O–H groups in total. The molecule has 0 aliphatic heterocycles. The molecule has 0 radical (unpaired) electrons. The number of nitrogens with one attached hydrogen (secondary N) is 6. The second-order valence-electron chi connectivity index (χ2n) is 14.3. The number of methoxy groups -OCH3 is 8. The summed E-state index contributed by atoms with van der Waals surface area (Å²) in [6.07, 6.45) is -5.25. The van der Waals surface area contributed by atoms with Gasteiger partial charge in [-0.25, -0.2) is 19.2 Å². The third-order valence-electron chi connectivity index (χ3n) is 9.50. The van der Waals surface area contributed by atoms with Crippen LogP contribution in [0.2, 0.25) is 0 Å². The van der Waals surface area contributed by atoms with E-state index in [2.05, 4.69) is 79.8 Å². The normalized spacial score (nSPS) is 12.7. The molecule has 0 aliphatic carbocycles. The van der Waals surface area contributed by atoms with Crippen LogP contribution < -0.4 is 31.9 Å². The molecule has 0 aromatic heterocycles. The van der Waals surface area contributed by atoms with Gasteiger partial charge in [-0.15, -0.1) is 0 Å². The average Bonchev–Trinajstić information content (AvgIpc) is 3.37. The Kier molecular flexibility index (Phi) is 26.6. The van der Waals surface area contributed by atoms with Gasteiger partial charge in [0.05, 0.1) is 102 Å². The molecule has 394 valence electrons. The zero-order valence-electron chi connectivity index (χ0n) is 40.0. The minimum atomic E-state index is -2.04. The van der Waals surface area contributed by atoms with E-state index >= 15 is 0 Å². The summed E-state index contributed by atoms with van der Waals surface area (Å²) in [5.74, 6) is -16.1. The van der Waals surface area contributed by atoms with Crippen molar-refractivity contribution in [1.29, 1.82) is 0 Å². The van der Waals surface area contributed by atoms with Crippen molar-refractivity contribution in [3.05, 3.63) is 45.3 Å². The molecule has 1 aromatic rings. The summed E-state index contributed by atoms with van der Waals surface area (Å²) in [6, 6.07) is -8.02. The summed E-state index contributed by atoms with van der Waals surface area (Å²) in [7, 11) is 7.62.